The van der Waals surface area contributed by atoms with E-state index in [1.54, 1.807) is 0 Å². The molecule has 1 atom stereocenters. The molecule has 0 fully saturated rings. The normalized spacial score (nSPS) is 12.3. The van der Waals surface area contributed by atoms with Crippen molar-refractivity contribution in [2.75, 3.05) is 5.32 Å². The second-order valence-corrected chi connectivity index (χ2v) is 4.78. The maximum absolute atomic E-state index is 13.8. The number of ether oxygens (including phenoxy) is 1. The lowest BCUT2D eigenvalue weighted by atomic mass is 10.2. The van der Waals surface area contributed by atoms with Gasteiger partial charge in [0.25, 0.3) is 0 Å². The third-order valence-electron chi connectivity index (χ3n) is 2.55. The highest BCUT2D eigenvalue weighted by Gasteiger charge is 2.19. The second kappa shape index (κ2) is 6.65. The highest BCUT2D eigenvalue weighted by Crippen LogP contribution is 2.30. The van der Waals surface area contributed by atoms with Gasteiger partial charge in [-0.3, -0.25) is 4.79 Å². The van der Waals surface area contributed by atoms with Gasteiger partial charge in [-0.1, -0.05) is 0 Å². The topological polar surface area (TPSA) is 69.0 Å². The van der Waals surface area contributed by atoms with Gasteiger partial charge in [0.15, 0.2) is 11.6 Å². The van der Waals surface area contributed by atoms with Gasteiger partial charge in [-0.15, -0.1) is 11.6 Å². The van der Waals surface area contributed by atoms with E-state index < -0.39 is 29.5 Å². The number of halogens is 4. The van der Waals surface area contributed by atoms with Crippen molar-refractivity contribution in [2.24, 2.45) is 0 Å². The summed E-state index contributed by atoms with van der Waals surface area (Å²) in [5.74, 6) is -2.34. The SMILES string of the molecule is CC(Cl)C(=O)Nc1cc(F)c(OC(F)F)cc1-n1cncn1. The van der Waals surface area contributed by atoms with Crippen LogP contribution in [0.4, 0.5) is 18.9 Å². The molecular weight excluding hydrogens is 325 g/mol. The highest BCUT2D eigenvalue weighted by atomic mass is 35.5. The van der Waals surface area contributed by atoms with Gasteiger partial charge >= 0.3 is 6.61 Å². The molecule has 6 nitrogen and oxygen atoms in total. The molecule has 2 rings (SSSR count). The van der Waals surface area contributed by atoms with Crippen LogP contribution in [0.5, 0.6) is 5.75 Å². The van der Waals surface area contributed by atoms with Crippen LogP contribution >= 0.6 is 11.6 Å². The summed E-state index contributed by atoms with van der Waals surface area (Å²) >= 11 is 5.63. The Kier molecular flexibility index (Phi) is 4.86. The number of amides is 1. The van der Waals surface area contributed by atoms with Crippen molar-refractivity contribution in [2.45, 2.75) is 18.9 Å². The summed E-state index contributed by atoms with van der Waals surface area (Å²) in [6, 6.07) is 1.82. The Morgan fingerprint density at radius 1 is 1.45 bits per heavy atom. The number of hydrogen-bond donors (Lipinski definition) is 1. The van der Waals surface area contributed by atoms with Crippen molar-refractivity contribution in [3.63, 3.8) is 0 Å². The van der Waals surface area contributed by atoms with E-state index >= 15 is 0 Å². The van der Waals surface area contributed by atoms with Crippen molar-refractivity contribution >= 4 is 23.2 Å². The Labute approximate surface area is 127 Å². The number of hydrogen-bond acceptors (Lipinski definition) is 4. The predicted molar refractivity (Wildman–Crippen MR) is 71.9 cm³/mol. The van der Waals surface area contributed by atoms with E-state index in [0.29, 0.717) is 0 Å². The van der Waals surface area contributed by atoms with Gasteiger partial charge in [-0.05, 0) is 6.92 Å². The van der Waals surface area contributed by atoms with E-state index in [1.807, 2.05) is 0 Å². The molecule has 0 bridgehead atoms. The zero-order valence-electron chi connectivity index (χ0n) is 11.1. The summed E-state index contributed by atoms with van der Waals surface area (Å²) in [6.45, 7) is -1.77. The monoisotopic (exact) mass is 334 g/mol. The van der Waals surface area contributed by atoms with Crippen molar-refractivity contribution in [3.8, 4) is 11.4 Å². The quantitative estimate of drug-likeness (QED) is 0.853. The standard InChI is InChI=1S/C12H10ClF3N4O2/c1-6(13)11(21)19-8-2-7(14)10(22-12(15)16)3-9(8)20-5-17-4-18-20/h2-6,12H,1H3,(H,19,21). The number of benzene rings is 1. The molecule has 1 N–H and O–H groups in total. The van der Waals surface area contributed by atoms with Crippen molar-refractivity contribution < 1.29 is 22.7 Å². The minimum absolute atomic E-state index is 0.0119. The zero-order chi connectivity index (χ0) is 16.3. The highest BCUT2D eigenvalue weighted by molar-refractivity contribution is 6.32. The Balaban J connectivity index is 2.47. The second-order valence-electron chi connectivity index (χ2n) is 4.12. The molecule has 1 aromatic heterocycles. The third-order valence-corrected chi connectivity index (χ3v) is 2.75. The van der Waals surface area contributed by atoms with Gasteiger partial charge in [0.2, 0.25) is 5.91 Å². The maximum atomic E-state index is 13.8. The van der Waals surface area contributed by atoms with Crippen LogP contribution in [-0.4, -0.2) is 32.7 Å². The van der Waals surface area contributed by atoms with E-state index in [1.165, 1.54) is 19.6 Å². The summed E-state index contributed by atoms with van der Waals surface area (Å²) in [4.78, 5) is 15.3. The summed E-state index contributed by atoms with van der Waals surface area (Å²) in [7, 11) is 0. The number of anilines is 1. The molecule has 2 aromatic rings. The largest absolute Gasteiger partial charge is 0.432 e. The van der Waals surface area contributed by atoms with E-state index in [4.69, 9.17) is 11.6 Å². The molecule has 1 heterocycles. The lowest BCUT2D eigenvalue weighted by Crippen LogP contribution is -2.21. The average molecular weight is 335 g/mol. The summed E-state index contributed by atoms with van der Waals surface area (Å²) < 4.78 is 43.6. The minimum atomic E-state index is -3.19. The fourth-order valence-electron chi connectivity index (χ4n) is 1.58. The van der Waals surface area contributed by atoms with Crippen LogP contribution in [0.25, 0.3) is 5.69 Å². The third kappa shape index (κ3) is 3.67. The molecular formula is C12H10ClF3N4O2. The van der Waals surface area contributed by atoms with Crippen LogP contribution in [0, 0.1) is 5.82 Å². The molecule has 1 unspecified atom stereocenters. The Morgan fingerprint density at radius 3 is 2.73 bits per heavy atom. The molecule has 0 aliphatic rings. The van der Waals surface area contributed by atoms with E-state index in [9.17, 15) is 18.0 Å². The Bertz CT molecular complexity index is 665. The number of nitrogens with one attached hydrogen (secondary N) is 1. The molecule has 0 saturated heterocycles. The first-order chi connectivity index (χ1) is 10.4. The van der Waals surface area contributed by atoms with Gasteiger partial charge in [-0.25, -0.2) is 14.1 Å². The average Bonchev–Trinajstić information content (AvgIpc) is 2.94. The fraction of sp³-hybridized carbons (Fsp3) is 0.250. The minimum Gasteiger partial charge on any atom is -0.432 e. The molecule has 0 aliphatic heterocycles. The maximum Gasteiger partial charge on any atom is 0.387 e. The van der Waals surface area contributed by atoms with Crippen molar-refractivity contribution in [3.05, 3.63) is 30.6 Å². The number of carbonyl (C=O) groups excluding carboxylic acids is 1. The van der Waals surface area contributed by atoms with Crippen LogP contribution < -0.4 is 10.1 Å². The molecule has 0 saturated carbocycles. The van der Waals surface area contributed by atoms with Crippen LogP contribution in [0.2, 0.25) is 0 Å². The lowest BCUT2D eigenvalue weighted by Gasteiger charge is -2.14. The Morgan fingerprint density at radius 2 is 2.18 bits per heavy atom. The number of nitrogens with zero attached hydrogens (tertiary/aromatic N) is 3. The van der Waals surface area contributed by atoms with Gasteiger partial charge in [-0.2, -0.15) is 13.9 Å². The number of carbonyl (C=O) groups is 1. The molecule has 0 aliphatic carbocycles. The van der Waals surface area contributed by atoms with E-state index in [2.05, 4.69) is 20.1 Å². The Hall–Kier alpha value is -2.29. The van der Waals surface area contributed by atoms with Crippen molar-refractivity contribution in [1.29, 1.82) is 0 Å². The summed E-state index contributed by atoms with van der Waals surface area (Å²) in [5, 5.41) is 5.31. The predicted octanol–water partition coefficient (Wildman–Crippen LogP) is 2.57. The van der Waals surface area contributed by atoms with Gasteiger partial charge in [0, 0.05) is 12.1 Å². The van der Waals surface area contributed by atoms with E-state index in [-0.39, 0.29) is 11.4 Å². The molecule has 118 valence electrons. The van der Waals surface area contributed by atoms with E-state index in [0.717, 1.165) is 16.8 Å². The summed E-state index contributed by atoms with van der Waals surface area (Å²) in [6.07, 6.45) is 2.44. The number of aromatic nitrogens is 3. The first-order valence-electron chi connectivity index (χ1n) is 5.96. The first-order valence-corrected chi connectivity index (χ1v) is 6.40. The molecule has 1 aromatic carbocycles. The van der Waals surface area contributed by atoms with Crippen LogP contribution in [-0.2, 0) is 4.79 Å². The molecule has 0 spiro atoms. The molecule has 1 amide bonds. The smallest absolute Gasteiger partial charge is 0.387 e. The zero-order valence-corrected chi connectivity index (χ0v) is 11.9. The number of rotatable bonds is 5. The van der Waals surface area contributed by atoms with Gasteiger partial charge in [0.1, 0.15) is 18.0 Å². The molecule has 22 heavy (non-hydrogen) atoms. The fourth-order valence-corrected chi connectivity index (χ4v) is 1.64. The van der Waals surface area contributed by atoms with Crippen molar-refractivity contribution in [1.82, 2.24) is 14.8 Å². The van der Waals surface area contributed by atoms with Gasteiger partial charge < -0.3 is 10.1 Å². The van der Waals surface area contributed by atoms with Crippen LogP contribution in [0.15, 0.2) is 24.8 Å². The first kappa shape index (κ1) is 16.1. The summed E-state index contributed by atoms with van der Waals surface area (Å²) in [5.41, 5.74) is 0.0855. The molecule has 0 radical (unpaired) electrons. The lowest BCUT2D eigenvalue weighted by molar-refractivity contribution is -0.115. The van der Waals surface area contributed by atoms with Crippen LogP contribution in [0.3, 0.4) is 0 Å². The molecule has 10 heteroatoms. The van der Waals surface area contributed by atoms with Crippen LogP contribution in [0.1, 0.15) is 6.92 Å². The number of alkyl halides is 3. The van der Waals surface area contributed by atoms with Gasteiger partial charge in [0.05, 0.1) is 11.4 Å².